The summed E-state index contributed by atoms with van der Waals surface area (Å²) in [4.78, 5) is 42.8. The maximum absolute atomic E-state index is 14.1. The van der Waals surface area contributed by atoms with Gasteiger partial charge in [0, 0.05) is 56.2 Å². The van der Waals surface area contributed by atoms with Crippen LogP contribution in [0.1, 0.15) is 6.92 Å². The van der Waals surface area contributed by atoms with E-state index >= 15 is 0 Å². The highest BCUT2D eigenvalue weighted by molar-refractivity contribution is 6.39. The van der Waals surface area contributed by atoms with E-state index in [-0.39, 0.29) is 24.8 Å². The van der Waals surface area contributed by atoms with E-state index in [4.69, 9.17) is 4.74 Å². The Kier molecular flexibility index (Phi) is 5.79. The van der Waals surface area contributed by atoms with Gasteiger partial charge in [0.1, 0.15) is 0 Å². The minimum Gasteiger partial charge on any atom is -0.491 e. The van der Waals surface area contributed by atoms with Crippen molar-refractivity contribution in [2.24, 2.45) is 7.05 Å². The number of amides is 2. The lowest BCUT2D eigenvalue weighted by Crippen LogP contribution is -2.55. The van der Waals surface area contributed by atoms with Gasteiger partial charge in [-0.3, -0.25) is 14.2 Å². The van der Waals surface area contributed by atoms with Crippen LogP contribution in [0.15, 0.2) is 35.1 Å². The Morgan fingerprint density at radius 2 is 1.85 bits per heavy atom. The molecule has 4 rings (SSSR count). The van der Waals surface area contributed by atoms with Gasteiger partial charge in [-0.15, -0.1) is 0 Å². The van der Waals surface area contributed by atoms with Crippen LogP contribution in [0.2, 0.25) is 0 Å². The van der Waals surface area contributed by atoms with Gasteiger partial charge in [-0.1, -0.05) is 0 Å². The average Bonchev–Trinajstić information content (AvgIpc) is 3.06. The SMILES string of the molecule is COc1c(F)cc(N2CCN(C(=O)C(=O)Nc3ccc4[nH]c(=O)n(C)c4c3)C[C@H]2C)cc1F. The second-order valence-electron chi connectivity index (χ2n) is 7.91. The van der Waals surface area contributed by atoms with E-state index in [0.717, 1.165) is 0 Å². The zero-order chi connectivity index (χ0) is 23.9. The summed E-state index contributed by atoms with van der Waals surface area (Å²) in [5.41, 5.74) is 1.63. The molecule has 11 heteroatoms. The van der Waals surface area contributed by atoms with Crippen LogP contribution < -0.4 is 20.6 Å². The number of halogens is 2. The number of imidazole rings is 1. The molecule has 0 aliphatic carbocycles. The number of hydrogen-bond donors (Lipinski definition) is 2. The Balaban J connectivity index is 1.43. The number of methoxy groups -OCH3 is 1. The number of aromatic amines is 1. The van der Waals surface area contributed by atoms with E-state index in [9.17, 15) is 23.2 Å². The number of nitrogens with zero attached hydrogens (tertiary/aromatic N) is 3. The molecule has 2 heterocycles. The Labute approximate surface area is 187 Å². The van der Waals surface area contributed by atoms with Crippen LogP contribution in [0.4, 0.5) is 20.2 Å². The van der Waals surface area contributed by atoms with E-state index < -0.39 is 29.2 Å². The Morgan fingerprint density at radius 1 is 1.15 bits per heavy atom. The molecule has 2 aromatic carbocycles. The maximum Gasteiger partial charge on any atom is 0.326 e. The number of carbonyl (C=O) groups is 2. The number of rotatable bonds is 3. The number of anilines is 2. The highest BCUT2D eigenvalue weighted by atomic mass is 19.1. The van der Waals surface area contributed by atoms with Crippen molar-refractivity contribution in [3.8, 4) is 5.75 Å². The second kappa shape index (κ2) is 8.57. The predicted octanol–water partition coefficient (Wildman–Crippen LogP) is 1.83. The number of aromatic nitrogens is 2. The Morgan fingerprint density at radius 3 is 2.48 bits per heavy atom. The van der Waals surface area contributed by atoms with Crippen molar-refractivity contribution in [2.75, 3.05) is 37.0 Å². The molecule has 0 bridgehead atoms. The molecule has 174 valence electrons. The van der Waals surface area contributed by atoms with Crippen molar-refractivity contribution in [2.45, 2.75) is 13.0 Å². The fourth-order valence-electron chi connectivity index (χ4n) is 4.06. The molecule has 2 amide bonds. The Bertz CT molecular complexity index is 1280. The van der Waals surface area contributed by atoms with Gasteiger partial charge < -0.3 is 24.8 Å². The third-order valence-electron chi connectivity index (χ3n) is 5.79. The summed E-state index contributed by atoms with van der Waals surface area (Å²) in [5.74, 6) is -3.59. The molecule has 3 aromatic rings. The zero-order valence-corrected chi connectivity index (χ0v) is 18.3. The molecule has 1 saturated heterocycles. The van der Waals surface area contributed by atoms with Gasteiger partial charge >= 0.3 is 17.5 Å². The molecule has 2 N–H and O–H groups in total. The minimum atomic E-state index is -0.811. The number of fused-ring (bicyclic) bond motifs is 1. The van der Waals surface area contributed by atoms with Crippen LogP contribution in [0.5, 0.6) is 5.75 Å². The second-order valence-corrected chi connectivity index (χ2v) is 7.91. The number of nitrogens with one attached hydrogen (secondary N) is 2. The van der Waals surface area contributed by atoms with Gasteiger partial charge in [0.15, 0.2) is 17.4 Å². The van der Waals surface area contributed by atoms with Crippen molar-refractivity contribution in [3.05, 3.63) is 52.5 Å². The lowest BCUT2D eigenvalue weighted by atomic mass is 10.1. The Hall–Kier alpha value is -3.89. The number of hydrogen-bond acceptors (Lipinski definition) is 5. The lowest BCUT2D eigenvalue weighted by Gasteiger charge is -2.41. The highest BCUT2D eigenvalue weighted by Gasteiger charge is 2.31. The van der Waals surface area contributed by atoms with Crippen molar-refractivity contribution in [3.63, 3.8) is 0 Å². The van der Waals surface area contributed by atoms with Crippen LogP contribution in [0.25, 0.3) is 11.0 Å². The van der Waals surface area contributed by atoms with Gasteiger partial charge in [0.25, 0.3) is 0 Å². The molecule has 1 atom stereocenters. The van der Waals surface area contributed by atoms with E-state index in [1.807, 2.05) is 0 Å². The number of piperazine rings is 1. The number of H-pyrrole nitrogens is 1. The molecular formula is C22H23F2N5O4. The third kappa shape index (κ3) is 4.13. The van der Waals surface area contributed by atoms with Crippen molar-refractivity contribution >= 4 is 34.2 Å². The number of carbonyl (C=O) groups excluding carboxylic acids is 2. The summed E-state index contributed by atoms with van der Waals surface area (Å²) in [5, 5.41) is 2.57. The van der Waals surface area contributed by atoms with E-state index in [1.54, 1.807) is 37.1 Å². The van der Waals surface area contributed by atoms with Crippen molar-refractivity contribution in [1.82, 2.24) is 14.5 Å². The van der Waals surface area contributed by atoms with Crippen molar-refractivity contribution in [1.29, 1.82) is 0 Å². The normalized spacial score (nSPS) is 16.2. The fourth-order valence-corrected chi connectivity index (χ4v) is 4.06. The first-order chi connectivity index (χ1) is 15.7. The maximum atomic E-state index is 14.1. The molecule has 0 unspecified atom stereocenters. The fraction of sp³-hybridized carbons (Fsp3) is 0.318. The standard InChI is InChI=1S/C22H23F2N5O4/c1-12-11-28(6-7-29(12)14-9-15(23)19(33-3)16(24)10-14)21(31)20(30)25-13-4-5-17-18(8-13)27(2)22(32)26-17/h4-5,8-10,12H,6-7,11H2,1-3H3,(H,25,30)(H,26,32)/t12-/m1/s1. The predicted molar refractivity (Wildman–Crippen MR) is 118 cm³/mol. The minimum absolute atomic E-state index is 0.201. The van der Waals surface area contributed by atoms with E-state index in [0.29, 0.717) is 29.0 Å². The van der Waals surface area contributed by atoms with Crippen LogP contribution >= 0.6 is 0 Å². The van der Waals surface area contributed by atoms with Crippen molar-refractivity contribution < 1.29 is 23.1 Å². The van der Waals surface area contributed by atoms with Crippen LogP contribution in [-0.4, -0.2) is 59.1 Å². The van der Waals surface area contributed by atoms with Crippen LogP contribution in [-0.2, 0) is 16.6 Å². The average molecular weight is 459 g/mol. The molecule has 9 nitrogen and oxygen atoms in total. The summed E-state index contributed by atoms with van der Waals surface area (Å²) >= 11 is 0. The quantitative estimate of drug-likeness (QED) is 0.583. The summed E-state index contributed by atoms with van der Waals surface area (Å²) in [6.07, 6.45) is 0. The van der Waals surface area contributed by atoms with Gasteiger partial charge in [0.2, 0.25) is 0 Å². The molecule has 1 aliphatic rings. The lowest BCUT2D eigenvalue weighted by molar-refractivity contribution is -0.143. The number of ether oxygens (including phenoxy) is 1. The smallest absolute Gasteiger partial charge is 0.326 e. The van der Waals surface area contributed by atoms with Crippen LogP contribution in [0, 0.1) is 11.6 Å². The highest BCUT2D eigenvalue weighted by Crippen LogP contribution is 2.29. The molecule has 0 spiro atoms. The van der Waals surface area contributed by atoms with Crippen LogP contribution in [0.3, 0.4) is 0 Å². The summed E-state index contributed by atoms with van der Waals surface area (Å²) < 4.78 is 34.3. The number of aryl methyl sites for hydroxylation is 1. The number of benzene rings is 2. The molecule has 1 aliphatic heterocycles. The van der Waals surface area contributed by atoms with E-state index in [2.05, 4.69) is 10.3 Å². The van der Waals surface area contributed by atoms with Gasteiger partial charge in [-0.25, -0.2) is 13.6 Å². The summed E-state index contributed by atoms with van der Waals surface area (Å²) in [6.45, 7) is 2.50. The molecular weight excluding hydrogens is 436 g/mol. The first-order valence-electron chi connectivity index (χ1n) is 10.3. The molecule has 1 fully saturated rings. The largest absolute Gasteiger partial charge is 0.491 e. The third-order valence-corrected chi connectivity index (χ3v) is 5.79. The molecule has 33 heavy (non-hydrogen) atoms. The zero-order valence-electron chi connectivity index (χ0n) is 18.3. The molecule has 0 saturated carbocycles. The van der Waals surface area contributed by atoms with Gasteiger partial charge in [-0.2, -0.15) is 0 Å². The summed E-state index contributed by atoms with van der Waals surface area (Å²) in [7, 11) is 2.79. The molecule has 1 aromatic heterocycles. The first kappa shape index (κ1) is 22.3. The first-order valence-corrected chi connectivity index (χ1v) is 10.3. The monoisotopic (exact) mass is 459 g/mol. The van der Waals surface area contributed by atoms with Gasteiger partial charge in [-0.05, 0) is 25.1 Å². The van der Waals surface area contributed by atoms with Gasteiger partial charge in [0.05, 0.1) is 18.1 Å². The van der Waals surface area contributed by atoms with E-state index in [1.165, 1.54) is 28.7 Å². The molecule has 0 radical (unpaired) electrons. The topological polar surface area (TPSA) is 99.7 Å². The summed E-state index contributed by atoms with van der Waals surface area (Å²) in [6, 6.07) is 6.93.